The highest BCUT2D eigenvalue weighted by Crippen LogP contribution is 2.52. The number of carbonyl (C=O) groups excluding carboxylic acids is 1. The molecule has 0 heterocycles. The molecule has 3 N–H and O–H groups in total. The lowest BCUT2D eigenvalue weighted by Gasteiger charge is -2.09. The number of carbonyl (C=O) groups is 1. The Bertz CT molecular complexity index is 438. The molecule has 1 amide bonds. The molecule has 1 atom stereocenters. The largest absolute Gasteiger partial charge is 0.397 e. The first-order valence-corrected chi connectivity index (χ1v) is 5.57. The van der Waals surface area contributed by atoms with Crippen LogP contribution in [0.25, 0.3) is 0 Å². The number of rotatable bonds is 2. The van der Waals surface area contributed by atoms with Gasteiger partial charge in [-0.2, -0.15) is 0 Å². The van der Waals surface area contributed by atoms with E-state index >= 15 is 0 Å². The molecule has 0 aliphatic heterocycles. The van der Waals surface area contributed by atoms with Gasteiger partial charge in [-0.25, -0.2) is 0 Å². The van der Waals surface area contributed by atoms with Crippen LogP contribution in [0.5, 0.6) is 0 Å². The first-order valence-electron chi connectivity index (χ1n) is 5.57. The Balaban J connectivity index is 2.10. The molecule has 0 aromatic heterocycles. The van der Waals surface area contributed by atoms with E-state index in [0.29, 0.717) is 5.69 Å². The molecule has 16 heavy (non-hydrogen) atoms. The second kappa shape index (κ2) is 3.51. The highest BCUT2D eigenvalue weighted by Gasteiger charge is 2.50. The minimum absolute atomic E-state index is 0.0855. The van der Waals surface area contributed by atoms with E-state index < -0.39 is 0 Å². The van der Waals surface area contributed by atoms with Crippen molar-refractivity contribution in [1.29, 1.82) is 0 Å². The van der Waals surface area contributed by atoms with Crippen molar-refractivity contribution >= 4 is 17.3 Å². The van der Waals surface area contributed by atoms with Crippen molar-refractivity contribution in [3.05, 3.63) is 23.8 Å². The third-order valence-corrected chi connectivity index (χ3v) is 3.30. The van der Waals surface area contributed by atoms with Gasteiger partial charge >= 0.3 is 0 Å². The highest BCUT2D eigenvalue weighted by molar-refractivity contribution is 5.97. The molecule has 1 fully saturated rings. The van der Waals surface area contributed by atoms with Gasteiger partial charge in [-0.05, 0) is 36.5 Å². The predicted molar refractivity (Wildman–Crippen MR) is 66.1 cm³/mol. The molecule has 1 aliphatic rings. The van der Waals surface area contributed by atoms with E-state index in [9.17, 15) is 4.79 Å². The summed E-state index contributed by atoms with van der Waals surface area (Å²) in [6.07, 6.45) is 0.963. The lowest BCUT2D eigenvalue weighted by Crippen LogP contribution is -2.17. The Hall–Kier alpha value is -1.51. The molecule has 1 aliphatic carbocycles. The third kappa shape index (κ3) is 2.03. The Morgan fingerprint density at radius 1 is 1.50 bits per heavy atom. The molecule has 1 saturated carbocycles. The molecule has 86 valence electrons. The number of benzene rings is 1. The van der Waals surface area contributed by atoms with E-state index in [0.717, 1.165) is 17.7 Å². The van der Waals surface area contributed by atoms with Gasteiger partial charge in [-0.1, -0.05) is 19.9 Å². The summed E-state index contributed by atoms with van der Waals surface area (Å²) in [6.45, 7) is 6.20. The van der Waals surface area contributed by atoms with Gasteiger partial charge in [-0.3, -0.25) is 4.79 Å². The Morgan fingerprint density at radius 3 is 2.69 bits per heavy atom. The molecular formula is C13H18N2O. The van der Waals surface area contributed by atoms with Gasteiger partial charge < -0.3 is 11.1 Å². The third-order valence-electron chi connectivity index (χ3n) is 3.30. The van der Waals surface area contributed by atoms with Crippen molar-refractivity contribution in [1.82, 2.24) is 0 Å². The van der Waals surface area contributed by atoms with E-state index in [2.05, 4.69) is 19.2 Å². The van der Waals surface area contributed by atoms with Crippen LogP contribution in [0.1, 0.15) is 25.8 Å². The van der Waals surface area contributed by atoms with Gasteiger partial charge in [0.05, 0.1) is 11.4 Å². The molecule has 0 radical (unpaired) electrons. The minimum atomic E-state index is 0.0855. The molecule has 0 bridgehead atoms. The zero-order valence-electron chi connectivity index (χ0n) is 10.0. The van der Waals surface area contributed by atoms with E-state index in [1.807, 2.05) is 25.1 Å². The highest BCUT2D eigenvalue weighted by atomic mass is 16.2. The van der Waals surface area contributed by atoms with Gasteiger partial charge in [0.15, 0.2) is 0 Å². The summed E-state index contributed by atoms with van der Waals surface area (Å²) in [5.74, 6) is 0.217. The lowest BCUT2D eigenvalue weighted by molar-refractivity contribution is -0.117. The van der Waals surface area contributed by atoms with Crippen LogP contribution in [0.4, 0.5) is 11.4 Å². The fourth-order valence-corrected chi connectivity index (χ4v) is 1.91. The smallest absolute Gasteiger partial charge is 0.228 e. The Morgan fingerprint density at radius 2 is 2.12 bits per heavy atom. The molecule has 0 spiro atoms. The zero-order chi connectivity index (χ0) is 11.9. The molecule has 1 aromatic rings. The first kappa shape index (κ1) is 11.0. The quantitative estimate of drug-likeness (QED) is 0.749. The number of hydrogen-bond acceptors (Lipinski definition) is 2. The minimum Gasteiger partial charge on any atom is -0.397 e. The van der Waals surface area contributed by atoms with Crippen LogP contribution in [0.15, 0.2) is 18.2 Å². The molecule has 0 saturated heterocycles. The van der Waals surface area contributed by atoms with Crippen LogP contribution in [0, 0.1) is 18.3 Å². The van der Waals surface area contributed by atoms with Crippen molar-refractivity contribution in [3.8, 4) is 0 Å². The van der Waals surface area contributed by atoms with Crippen LogP contribution in [-0.2, 0) is 4.79 Å². The maximum atomic E-state index is 11.9. The number of hydrogen-bond donors (Lipinski definition) is 2. The van der Waals surface area contributed by atoms with Crippen molar-refractivity contribution in [2.45, 2.75) is 27.2 Å². The molecule has 3 nitrogen and oxygen atoms in total. The monoisotopic (exact) mass is 218 g/mol. The summed E-state index contributed by atoms with van der Waals surface area (Å²) < 4.78 is 0. The fourth-order valence-electron chi connectivity index (χ4n) is 1.91. The number of anilines is 2. The predicted octanol–water partition coefficient (Wildman–Crippen LogP) is 2.56. The van der Waals surface area contributed by atoms with Gasteiger partial charge in [0.25, 0.3) is 0 Å². The van der Waals surface area contributed by atoms with Gasteiger partial charge in [0, 0.05) is 5.92 Å². The standard InChI is InChI=1S/C13H18N2O/c1-8-4-5-10(14)11(6-8)15-12(16)9-7-13(9,2)3/h4-6,9H,7,14H2,1-3H3,(H,15,16). The summed E-state index contributed by atoms with van der Waals surface area (Å²) in [7, 11) is 0. The van der Waals surface area contributed by atoms with E-state index in [-0.39, 0.29) is 17.2 Å². The van der Waals surface area contributed by atoms with Crippen molar-refractivity contribution in [2.24, 2.45) is 11.3 Å². The van der Waals surface area contributed by atoms with E-state index in [1.165, 1.54) is 0 Å². The summed E-state index contributed by atoms with van der Waals surface area (Å²) in [4.78, 5) is 11.9. The topological polar surface area (TPSA) is 55.1 Å². The van der Waals surface area contributed by atoms with Gasteiger partial charge in [0.2, 0.25) is 5.91 Å². The number of nitrogens with one attached hydrogen (secondary N) is 1. The number of nitrogens with two attached hydrogens (primary N) is 1. The molecule has 1 aromatic carbocycles. The summed E-state index contributed by atoms with van der Waals surface area (Å²) in [6, 6.07) is 5.66. The zero-order valence-corrected chi connectivity index (χ0v) is 10.0. The van der Waals surface area contributed by atoms with Crippen LogP contribution >= 0.6 is 0 Å². The summed E-state index contributed by atoms with van der Waals surface area (Å²) in [5.41, 5.74) is 8.42. The number of nitrogen functional groups attached to an aromatic ring is 1. The Labute approximate surface area is 96.0 Å². The molecular weight excluding hydrogens is 200 g/mol. The maximum Gasteiger partial charge on any atom is 0.228 e. The lowest BCUT2D eigenvalue weighted by atomic mass is 10.1. The number of amides is 1. The van der Waals surface area contributed by atoms with Crippen LogP contribution in [0.3, 0.4) is 0 Å². The van der Waals surface area contributed by atoms with Crippen LogP contribution in [0.2, 0.25) is 0 Å². The molecule has 3 heteroatoms. The average Bonchev–Trinajstić information content (AvgIpc) is 2.82. The molecule has 2 rings (SSSR count). The van der Waals surface area contributed by atoms with Gasteiger partial charge in [-0.15, -0.1) is 0 Å². The van der Waals surface area contributed by atoms with Crippen LogP contribution in [-0.4, -0.2) is 5.91 Å². The van der Waals surface area contributed by atoms with Gasteiger partial charge in [0.1, 0.15) is 0 Å². The molecule has 1 unspecified atom stereocenters. The van der Waals surface area contributed by atoms with Crippen molar-refractivity contribution in [2.75, 3.05) is 11.1 Å². The maximum absolute atomic E-state index is 11.9. The SMILES string of the molecule is Cc1ccc(N)c(NC(=O)C2CC2(C)C)c1. The van der Waals surface area contributed by atoms with Crippen LogP contribution < -0.4 is 11.1 Å². The van der Waals surface area contributed by atoms with E-state index in [1.54, 1.807) is 0 Å². The van der Waals surface area contributed by atoms with E-state index in [4.69, 9.17) is 5.73 Å². The summed E-state index contributed by atoms with van der Waals surface area (Å²) in [5, 5.41) is 2.90. The fraction of sp³-hybridized carbons (Fsp3) is 0.462. The van der Waals surface area contributed by atoms with Crippen molar-refractivity contribution in [3.63, 3.8) is 0 Å². The normalized spacial score (nSPS) is 21.6. The van der Waals surface area contributed by atoms with Crippen molar-refractivity contribution < 1.29 is 4.79 Å². The first-order chi connectivity index (χ1) is 7.40. The second-order valence-electron chi connectivity index (χ2n) is 5.33. The number of aryl methyl sites for hydroxylation is 1. The second-order valence-corrected chi connectivity index (χ2v) is 5.33. The summed E-state index contributed by atoms with van der Waals surface area (Å²) >= 11 is 0. The Kier molecular flexibility index (Phi) is 2.41. The average molecular weight is 218 g/mol.